The fraction of sp³-hybridized carbons (Fsp3) is 0.615. The molecule has 3 atom stereocenters. The van der Waals surface area contributed by atoms with Crippen LogP contribution in [-0.4, -0.2) is 37.5 Å². The summed E-state index contributed by atoms with van der Waals surface area (Å²) in [6, 6.07) is 0. The number of ether oxygens (including phenoxy) is 3. The molecule has 0 aromatic heterocycles. The third kappa shape index (κ3) is 3.98. The minimum atomic E-state index is -0.666. The van der Waals surface area contributed by atoms with Crippen molar-refractivity contribution in [1.29, 1.82) is 0 Å². The van der Waals surface area contributed by atoms with Crippen molar-refractivity contribution in [3.05, 3.63) is 24.3 Å². The molecule has 4 nitrogen and oxygen atoms in total. The van der Waals surface area contributed by atoms with Crippen LogP contribution in [-0.2, 0) is 19.0 Å². The lowest BCUT2D eigenvalue weighted by atomic mass is 10.1. The molecule has 0 saturated carbocycles. The predicted molar refractivity (Wildman–Crippen MR) is 64.7 cm³/mol. The number of carbonyl (C=O) groups is 1. The summed E-state index contributed by atoms with van der Waals surface area (Å²) in [6.07, 6.45) is -1.34. The van der Waals surface area contributed by atoms with E-state index in [0.717, 1.165) is 11.1 Å². The molecule has 3 unspecified atom stereocenters. The molecule has 0 aliphatic carbocycles. The van der Waals surface area contributed by atoms with Gasteiger partial charge in [-0.1, -0.05) is 24.3 Å². The van der Waals surface area contributed by atoms with Crippen LogP contribution in [0.15, 0.2) is 24.3 Å². The summed E-state index contributed by atoms with van der Waals surface area (Å²) < 4.78 is 16.2. The van der Waals surface area contributed by atoms with E-state index in [4.69, 9.17) is 14.2 Å². The van der Waals surface area contributed by atoms with E-state index in [1.54, 1.807) is 6.92 Å². The van der Waals surface area contributed by atoms with Gasteiger partial charge in [-0.15, -0.1) is 0 Å². The molecule has 1 heterocycles. The first-order valence-electron chi connectivity index (χ1n) is 5.64. The molecule has 0 bridgehead atoms. The van der Waals surface area contributed by atoms with Crippen molar-refractivity contribution in [3.63, 3.8) is 0 Å². The van der Waals surface area contributed by atoms with E-state index in [2.05, 4.69) is 13.2 Å². The van der Waals surface area contributed by atoms with Crippen molar-refractivity contribution in [1.82, 2.24) is 0 Å². The number of rotatable bonds is 6. The van der Waals surface area contributed by atoms with Crippen LogP contribution in [0.2, 0.25) is 0 Å². The molecule has 1 fully saturated rings. The summed E-state index contributed by atoms with van der Waals surface area (Å²) in [7, 11) is 0. The molecule has 4 heteroatoms. The predicted octanol–water partition coefficient (Wildman–Crippen LogP) is 1.85. The Balaban J connectivity index is 2.59. The SMILES string of the molecule is C=C(C)COC1C(=O)OC(C)C1OCC(=C)C. The van der Waals surface area contributed by atoms with Crippen molar-refractivity contribution >= 4 is 5.97 Å². The third-order valence-electron chi connectivity index (χ3n) is 2.33. The summed E-state index contributed by atoms with van der Waals surface area (Å²) in [5.74, 6) is -0.370. The highest BCUT2D eigenvalue weighted by Crippen LogP contribution is 2.22. The number of hydrogen-bond donors (Lipinski definition) is 0. The average Bonchev–Trinajstić information content (AvgIpc) is 2.47. The summed E-state index contributed by atoms with van der Waals surface area (Å²) in [4.78, 5) is 11.6. The molecular formula is C13H20O4. The minimum absolute atomic E-state index is 0.294. The Hall–Kier alpha value is -1.13. The lowest BCUT2D eigenvalue weighted by molar-refractivity contribution is -0.149. The van der Waals surface area contributed by atoms with Crippen LogP contribution in [0.3, 0.4) is 0 Å². The van der Waals surface area contributed by atoms with Gasteiger partial charge in [-0.05, 0) is 20.8 Å². The third-order valence-corrected chi connectivity index (χ3v) is 2.33. The maximum Gasteiger partial charge on any atom is 0.338 e. The van der Waals surface area contributed by atoms with Gasteiger partial charge in [0.05, 0.1) is 13.2 Å². The van der Waals surface area contributed by atoms with E-state index in [0.29, 0.717) is 13.2 Å². The summed E-state index contributed by atoms with van der Waals surface area (Å²) in [5, 5.41) is 0. The van der Waals surface area contributed by atoms with Gasteiger partial charge in [0.25, 0.3) is 0 Å². The van der Waals surface area contributed by atoms with Crippen molar-refractivity contribution in [3.8, 4) is 0 Å². The van der Waals surface area contributed by atoms with Gasteiger partial charge < -0.3 is 14.2 Å². The molecule has 1 aliphatic rings. The Morgan fingerprint density at radius 3 is 2.29 bits per heavy atom. The largest absolute Gasteiger partial charge is 0.458 e. The van der Waals surface area contributed by atoms with Crippen molar-refractivity contribution in [2.24, 2.45) is 0 Å². The molecule has 1 aliphatic heterocycles. The van der Waals surface area contributed by atoms with Crippen LogP contribution in [0.1, 0.15) is 20.8 Å². The number of cyclic esters (lactones) is 1. The first kappa shape index (κ1) is 13.9. The highest BCUT2D eigenvalue weighted by atomic mass is 16.6. The highest BCUT2D eigenvalue weighted by molar-refractivity contribution is 5.78. The van der Waals surface area contributed by atoms with Crippen LogP contribution in [0.5, 0.6) is 0 Å². The van der Waals surface area contributed by atoms with Gasteiger partial charge in [0.2, 0.25) is 0 Å². The van der Waals surface area contributed by atoms with E-state index in [-0.39, 0.29) is 18.2 Å². The standard InChI is InChI=1S/C13H20O4/c1-8(2)6-15-11-10(5)17-13(14)12(11)16-7-9(3)4/h10-12H,1,3,6-7H2,2,4-5H3. The van der Waals surface area contributed by atoms with Crippen LogP contribution in [0.25, 0.3) is 0 Å². The molecular weight excluding hydrogens is 220 g/mol. The normalized spacial score (nSPS) is 27.9. The van der Waals surface area contributed by atoms with Gasteiger partial charge in [0.1, 0.15) is 12.2 Å². The molecule has 0 amide bonds. The molecule has 17 heavy (non-hydrogen) atoms. The Bertz CT molecular complexity index is 321. The van der Waals surface area contributed by atoms with E-state index in [1.807, 2.05) is 13.8 Å². The van der Waals surface area contributed by atoms with Gasteiger partial charge in [0.15, 0.2) is 6.10 Å². The molecule has 96 valence electrons. The highest BCUT2D eigenvalue weighted by Gasteiger charge is 2.44. The fourth-order valence-electron chi connectivity index (χ4n) is 1.55. The molecule has 0 radical (unpaired) electrons. The molecule has 0 N–H and O–H groups in total. The topological polar surface area (TPSA) is 44.8 Å². The molecule has 0 aromatic carbocycles. The smallest absolute Gasteiger partial charge is 0.338 e. The first-order valence-corrected chi connectivity index (χ1v) is 5.64. The van der Waals surface area contributed by atoms with Gasteiger partial charge in [-0.3, -0.25) is 0 Å². The zero-order chi connectivity index (χ0) is 13.0. The number of carbonyl (C=O) groups excluding carboxylic acids is 1. The number of hydrogen-bond acceptors (Lipinski definition) is 4. The molecule has 0 aromatic rings. The molecule has 1 saturated heterocycles. The second-order valence-corrected chi connectivity index (χ2v) is 4.56. The second-order valence-electron chi connectivity index (χ2n) is 4.56. The van der Waals surface area contributed by atoms with E-state index in [9.17, 15) is 4.79 Å². The first-order chi connectivity index (χ1) is 7.91. The zero-order valence-electron chi connectivity index (χ0n) is 10.7. The minimum Gasteiger partial charge on any atom is -0.458 e. The van der Waals surface area contributed by atoms with Crippen LogP contribution in [0, 0.1) is 0 Å². The van der Waals surface area contributed by atoms with Crippen LogP contribution >= 0.6 is 0 Å². The zero-order valence-corrected chi connectivity index (χ0v) is 10.7. The fourth-order valence-corrected chi connectivity index (χ4v) is 1.55. The van der Waals surface area contributed by atoms with Gasteiger partial charge in [-0.2, -0.15) is 0 Å². The Kier molecular flexibility index (Phi) is 4.90. The Morgan fingerprint density at radius 1 is 1.24 bits per heavy atom. The summed E-state index contributed by atoms with van der Waals surface area (Å²) >= 11 is 0. The van der Waals surface area contributed by atoms with E-state index < -0.39 is 6.10 Å². The van der Waals surface area contributed by atoms with Crippen LogP contribution in [0.4, 0.5) is 0 Å². The monoisotopic (exact) mass is 240 g/mol. The quantitative estimate of drug-likeness (QED) is 0.525. The van der Waals surface area contributed by atoms with Gasteiger partial charge in [-0.25, -0.2) is 4.79 Å². The van der Waals surface area contributed by atoms with Crippen molar-refractivity contribution < 1.29 is 19.0 Å². The van der Waals surface area contributed by atoms with Gasteiger partial charge >= 0.3 is 5.97 Å². The van der Waals surface area contributed by atoms with E-state index in [1.165, 1.54) is 0 Å². The lowest BCUT2D eigenvalue weighted by Gasteiger charge is -2.19. The van der Waals surface area contributed by atoms with Gasteiger partial charge in [0, 0.05) is 0 Å². The van der Waals surface area contributed by atoms with E-state index >= 15 is 0 Å². The molecule has 0 spiro atoms. The number of esters is 1. The van der Waals surface area contributed by atoms with Crippen LogP contribution < -0.4 is 0 Å². The van der Waals surface area contributed by atoms with Crippen molar-refractivity contribution in [2.45, 2.75) is 39.1 Å². The lowest BCUT2D eigenvalue weighted by Crippen LogP contribution is -2.36. The summed E-state index contributed by atoms with van der Waals surface area (Å²) in [6.45, 7) is 13.7. The molecule has 1 rings (SSSR count). The average molecular weight is 240 g/mol. The Labute approximate surface area is 102 Å². The maximum absolute atomic E-state index is 11.6. The summed E-state index contributed by atoms with van der Waals surface area (Å²) in [5.41, 5.74) is 1.76. The van der Waals surface area contributed by atoms with Crippen molar-refractivity contribution in [2.75, 3.05) is 13.2 Å². The maximum atomic E-state index is 11.6. The Morgan fingerprint density at radius 2 is 1.76 bits per heavy atom. The second kappa shape index (κ2) is 5.98.